The lowest BCUT2D eigenvalue weighted by atomic mass is 9.95. The number of aromatic hydroxyl groups is 1. The normalized spacial score (nSPS) is 15.8. The highest BCUT2D eigenvalue weighted by Gasteiger charge is 2.29. The summed E-state index contributed by atoms with van der Waals surface area (Å²) in [5.41, 5.74) is 7.59. The summed E-state index contributed by atoms with van der Waals surface area (Å²) in [5.74, 6) is 5.84. The van der Waals surface area contributed by atoms with Crippen molar-refractivity contribution in [1.82, 2.24) is 14.7 Å². The topological polar surface area (TPSA) is 102 Å². The van der Waals surface area contributed by atoms with Crippen LogP contribution in [0.25, 0.3) is 5.57 Å². The van der Waals surface area contributed by atoms with Gasteiger partial charge in [0.1, 0.15) is 5.75 Å². The van der Waals surface area contributed by atoms with E-state index >= 15 is 0 Å². The molecule has 2 amide bonds. The Balaban J connectivity index is 1.52. The molecule has 0 bridgehead atoms. The van der Waals surface area contributed by atoms with Gasteiger partial charge in [0.05, 0.1) is 11.3 Å². The molecule has 0 spiro atoms. The van der Waals surface area contributed by atoms with Crippen LogP contribution in [-0.4, -0.2) is 64.8 Å². The van der Waals surface area contributed by atoms with Crippen LogP contribution in [0.15, 0.2) is 36.9 Å². The van der Waals surface area contributed by atoms with Crippen molar-refractivity contribution in [3.05, 3.63) is 64.7 Å². The van der Waals surface area contributed by atoms with E-state index in [2.05, 4.69) is 37.8 Å². The number of benzene rings is 2. The van der Waals surface area contributed by atoms with Gasteiger partial charge in [0.25, 0.3) is 11.8 Å². The Labute approximate surface area is 213 Å². The number of likely N-dealkylation sites (N-methyl/N-ethyl adjacent to an activating group) is 1. The number of hydrogen-bond donors (Lipinski definition) is 3. The number of nitrogens with one attached hydrogen (secondary N) is 1. The minimum absolute atomic E-state index is 0.0303. The van der Waals surface area contributed by atoms with E-state index in [0.29, 0.717) is 30.3 Å². The number of nitrogens with two attached hydrogens (primary N) is 1. The number of hydrazine groups is 1. The van der Waals surface area contributed by atoms with Crippen LogP contribution < -0.4 is 11.3 Å². The quantitative estimate of drug-likeness (QED) is 0.404. The minimum atomic E-state index is -0.267. The first-order valence-electron chi connectivity index (χ1n) is 12.6. The number of rotatable bonds is 7. The van der Waals surface area contributed by atoms with Gasteiger partial charge in [-0.15, -0.1) is 0 Å². The standard InChI is InChI=1S/C28H37N5O3/c1-18(2)5-6-19(3)23-14-24(26(34)15-25(23)30-29)28(36)33-16-21-8-7-20(13-22(21)17-33)27(35)32-11-9-31(4)10-12-32/h7-8,13-15,18,30,34H,3,5-6,9-12,16-17,29H2,1-2,4H3. The number of phenols is 1. The number of fused-ring (bicyclic) bond motifs is 1. The third kappa shape index (κ3) is 5.39. The molecule has 8 nitrogen and oxygen atoms in total. The monoisotopic (exact) mass is 491 g/mol. The van der Waals surface area contributed by atoms with Crippen molar-refractivity contribution in [2.45, 2.75) is 39.8 Å². The lowest BCUT2D eigenvalue weighted by molar-refractivity contribution is 0.0663. The molecule has 8 heteroatoms. The molecular weight excluding hydrogens is 454 g/mol. The first kappa shape index (κ1) is 25.7. The van der Waals surface area contributed by atoms with Crippen molar-refractivity contribution in [1.29, 1.82) is 0 Å². The van der Waals surface area contributed by atoms with Crippen LogP contribution in [-0.2, 0) is 13.1 Å². The predicted octanol–water partition coefficient (Wildman–Crippen LogP) is 3.67. The molecule has 0 unspecified atom stereocenters. The van der Waals surface area contributed by atoms with Gasteiger partial charge in [-0.05, 0) is 60.7 Å². The number of phenolic OH excluding ortho intramolecular Hbond substituents is 1. The summed E-state index contributed by atoms with van der Waals surface area (Å²) in [6.45, 7) is 12.5. The fourth-order valence-corrected chi connectivity index (χ4v) is 4.80. The van der Waals surface area contributed by atoms with Gasteiger partial charge in [0.15, 0.2) is 0 Å². The zero-order chi connectivity index (χ0) is 26.0. The molecule has 0 aliphatic carbocycles. The minimum Gasteiger partial charge on any atom is -0.507 e. The molecule has 0 atom stereocenters. The van der Waals surface area contributed by atoms with Crippen molar-refractivity contribution in [3.8, 4) is 5.75 Å². The largest absolute Gasteiger partial charge is 0.507 e. The van der Waals surface area contributed by atoms with E-state index in [0.717, 1.165) is 61.3 Å². The number of amides is 2. The Morgan fingerprint density at radius 3 is 2.36 bits per heavy atom. The average Bonchev–Trinajstić information content (AvgIpc) is 3.30. The number of piperazine rings is 1. The van der Waals surface area contributed by atoms with E-state index in [-0.39, 0.29) is 23.1 Å². The second-order valence-corrected chi connectivity index (χ2v) is 10.3. The number of nitrogens with zero attached hydrogens (tertiary/aromatic N) is 3. The second-order valence-electron chi connectivity index (χ2n) is 10.3. The van der Waals surface area contributed by atoms with Crippen molar-refractivity contribution in [2.75, 3.05) is 38.7 Å². The second kappa shape index (κ2) is 10.7. The van der Waals surface area contributed by atoms with E-state index in [1.807, 2.05) is 23.1 Å². The predicted molar refractivity (Wildman–Crippen MR) is 142 cm³/mol. The first-order chi connectivity index (χ1) is 17.2. The maximum atomic E-state index is 13.5. The summed E-state index contributed by atoms with van der Waals surface area (Å²) in [4.78, 5) is 32.3. The lowest BCUT2D eigenvalue weighted by Gasteiger charge is -2.32. The summed E-state index contributed by atoms with van der Waals surface area (Å²) in [5, 5.41) is 10.6. The highest BCUT2D eigenvalue weighted by Crippen LogP contribution is 2.35. The van der Waals surface area contributed by atoms with Crippen LogP contribution in [0, 0.1) is 5.92 Å². The van der Waals surface area contributed by atoms with E-state index in [1.165, 1.54) is 6.07 Å². The van der Waals surface area contributed by atoms with Crippen molar-refractivity contribution < 1.29 is 14.7 Å². The maximum Gasteiger partial charge on any atom is 0.258 e. The van der Waals surface area contributed by atoms with Gasteiger partial charge >= 0.3 is 0 Å². The molecule has 2 heterocycles. The van der Waals surface area contributed by atoms with Crippen molar-refractivity contribution >= 4 is 23.1 Å². The van der Waals surface area contributed by atoms with Gasteiger partial charge in [-0.1, -0.05) is 26.5 Å². The smallest absolute Gasteiger partial charge is 0.258 e. The molecular formula is C28H37N5O3. The number of allylic oxidation sites excluding steroid dienone is 1. The molecule has 2 aliphatic rings. The molecule has 0 radical (unpaired) electrons. The molecule has 4 rings (SSSR count). The van der Waals surface area contributed by atoms with E-state index in [1.54, 1.807) is 11.0 Å². The Morgan fingerprint density at radius 2 is 1.69 bits per heavy atom. The van der Waals surface area contributed by atoms with Crippen LogP contribution in [0.1, 0.15) is 64.1 Å². The Kier molecular flexibility index (Phi) is 7.66. The SMILES string of the molecule is C=C(CCC(C)C)c1cc(C(=O)N2Cc3ccc(C(=O)N4CCN(C)CC4)cc3C2)c(O)cc1NN. The van der Waals surface area contributed by atoms with Gasteiger partial charge in [0.2, 0.25) is 0 Å². The maximum absolute atomic E-state index is 13.5. The number of hydrogen-bond acceptors (Lipinski definition) is 6. The van der Waals surface area contributed by atoms with Crippen molar-refractivity contribution in [2.24, 2.45) is 11.8 Å². The Hall–Kier alpha value is -3.36. The number of anilines is 1. The van der Waals surface area contributed by atoms with Gasteiger partial charge in [-0.3, -0.25) is 15.4 Å². The van der Waals surface area contributed by atoms with Gasteiger partial charge in [-0.2, -0.15) is 0 Å². The fraction of sp³-hybridized carbons (Fsp3) is 0.429. The third-order valence-electron chi connectivity index (χ3n) is 7.18. The highest BCUT2D eigenvalue weighted by molar-refractivity contribution is 5.99. The lowest BCUT2D eigenvalue weighted by Crippen LogP contribution is -2.47. The number of carbonyl (C=O) groups is 2. The summed E-state index contributed by atoms with van der Waals surface area (Å²) in [7, 11) is 2.06. The molecule has 1 fully saturated rings. The van der Waals surface area contributed by atoms with Crippen LogP contribution >= 0.6 is 0 Å². The molecule has 2 aromatic carbocycles. The highest BCUT2D eigenvalue weighted by atomic mass is 16.3. The zero-order valence-electron chi connectivity index (χ0n) is 21.5. The van der Waals surface area contributed by atoms with Gasteiger partial charge in [-0.25, -0.2) is 0 Å². The van der Waals surface area contributed by atoms with E-state index in [9.17, 15) is 14.7 Å². The van der Waals surface area contributed by atoms with Crippen LogP contribution in [0.4, 0.5) is 5.69 Å². The first-order valence-corrected chi connectivity index (χ1v) is 12.6. The molecule has 4 N–H and O–H groups in total. The Morgan fingerprint density at radius 1 is 1.00 bits per heavy atom. The van der Waals surface area contributed by atoms with E-state index in [4.69, 9.17) is 5.84 Å². The fourth-order valence-electron chi connectivity index (χ4n) is 4.80. The van der Waals surface area contributed by atoms with Crippen LogP contribution in [0.2, 0.25) is 0 Å². The number of nitrogen functional groups attached to an aromatic ring is 1. The summed E-state index contributed by atoms with van der Waals surface area (Å²) < 4.78 is 0. The van der Waals surface area contributed by atoms with Gasteiger partial charge in [0, 0.05) is 56.5 Å². The molecule has 192 valence electrons. The van der Waals surface area contributed by atoms with Gasteiger partial charge < -0.3 is 25.2 Å². The summed E-state index contributed by atoms with van der Waals surface area (Å²) in [6.07, 6.45) is 1.73. The molecule has 2 aromatic rings. The third-order valence-corrected chi connectivity index (χ3v) is 7.18. The number of carbonyl (C=O) groups excluding carboxylic acids is 2. The zero-order valence-corrected chi connectivity index (χ0v) is 21.5. The average molecular weight is 492 g/mol. The summed E-state index contributed by atoms with van der Waals surface area (Å²) in [6, 6.07) is 8.86. The molecule has 0 saturated carbocycles. The van der Waals surface area contributed by atoms with Crippen LogP contribution in [0.3, 0.4) is 0 Å². The Bertz CT molecular complexity index is 1170. The van der Waals surface area contributed by atoms with Crippen LogP contribution in [0.5, 0.6) is 5.75 Å². The molecule has 1 saturated heterocycles. The molecule has 0 aromatic heterocycles. The van der Waals surface area contributed by atoms with Crippen molar-refractivity contribution in [3.63, 3.8) is 0 Å². The molecule has 2 aliphatic heterocycles. The summed E-state index contributed by atoms with van der Waals surface area (Å²) >= 11 is 0. The molecule has 36 heavy (non-hydrogen) atoms. The van der Waals surface area contributed by atoms with E-state index < -0.39 is 0 Å².